The van der Waals surface area contributed by atoms with Gasteiger partial charge in [0, 0.05) is 7.05 Å². The molecule has 0 spiro atoms. The number of nitrogens with zero attached hydrogens (tertiary/aromatic N) is 1. The van der Waals surface area contributed by atoms with E-state index in [0.29, 0.717) is 0 Å². The van der Waals surface area contributed by atoms with Crippen molar-refractivity contribution in [1.29, 1.82) is 0 Å². The molecular formula is C9H11BrN2O. The van der Waals surface area contributed by atoms with Gasteiger partial charge >= 0.3 is 0 Å². The summed E-state index contributed by atoms with van der Waals surface area (Å²) in [7, 11) is 3.40. The van der Waals surface area contributed by atoms with Crippen molar-refractivity contribution in [2.45, 2.75) is 0 Å². The van der Waals surface area contributed by atoms with Gasteiger partial charge in [-0.2, -0.15) is 5.10 Å². The van der Waals surface area contributed by atoms with E-state index in [1.165, 1.54) is 0 Å². The Morgan fingerprint density at radius 3 is 2.85 bits per heavy atom. The number of benzene rings is 1. The van der Waals surface area contributed by atoms with Gasteiger partial charge in [0.25, 0.3) is 0 Å². The first-order valence-electron chi connectivity index (χ1n) is 3.81. The Morgan fingerprint density at radius 2 is 2.31 bits per heavy atom. The fourth-order valence-electron chi connectivity index (χ4n) is 0.902. The average molecular weight is 243 g/mol. The highest BCUT2D eigenvalue weighted by molar-refractivity contribution is 9.10. The molecule has 0 aromatic heterocycles. The van der Waals surface area contributed by atoms with Crippen molar-refractivity contribution in [3.63, 3.8) is 0 Å². The molecule has 70 valence electrons. The first-order valence-corrected chi connectivity index (χ1v) is 4.60. The summed E-state index contributed by atoms with van der Waals surface area (Å²) in [6.45, 7) is 0. The third-order valence-corrected chi connectivity index (χ3v) is 2.14. The quantitative estimate of drug-likeness (QED) is 0.650. The molecule has 1 N–H and O–H groups in total. The van der Waals surface area contributed by atoms with Crippen molar-refractivity contribution in [2.24, 2.45) is 5.10 Å². The Morgan fingerprint density at radius 1 is 1.54 bits per heavy atom. The minimum atomic E-state index is 0.821. The van der Waals surface area contributed by atoms with E-state index in [2.05, 4.69) is 26.5 Å². The van der Waals surface area contributed by atoms with E-state index in [1.807, 2.05) is 18.2 Å². The number of halogens is 1. The van der Waals surface area contributed by atoms with Gasteiger partial charge in [0.15, 0.2) is 0 Å². The zero-order valence-corrected chi connectivity index (χ0v) is 9.13. The number of hydrazone groups is 1. The fourth-order valence-corrected chi connectivity index (χ4v) is 1.46. The fraction of sp³-hybridized carbons (Fsp3) is 0.222. The summed E-state index contributed by atoms with van der Waals surface area (Å²) >= 11 is 3.39. The van der Waals surface area contributed by atoms with Gasteiger partial charge in [-0.3, -0.25) is 0 Å². The Hall–Kier alpha value is -1.03. The van der Waals surface area contributed by atoms with Crippen LogP contribution < -0.4 is 10.2 Å². The number of hydrogen-bond donors (Lipinski definition) is 1. The van der Waals surface area contributed by atoms with Crippen molar-refractivity contribution in [3.8, 4) is 5.75 Å². The van der Waals surface area contributed by atoms with E-state index in [9.17, 15) is 0 Å². The van der Waals surface area contributed by atoms with Crippen LogP contribution in [0.1, 0.15) is 5.56 Å². The third-order valence-electron chi connectivity index (χ3n) is 1.52. The molecule has 1 aromatic carbocycles. The van der Waals surface area contributed by atoms with Gasteiger partial charge in [0.1, 0.15) is 5.75 Å². The maximum atomic E-state index is 5.10. The van der Waals surface area contributed by atoms with E-state index in [-0.39, 0.29) is 0 Å². The second-order valence-electron chi connectivity index (χ2n) is 2.38. The number of ether oxygens (including phenoxy) is 1. The molecule has 13 heavy (non-hydrogen) atoms. The van der Waals surface area contributed by atoms with Crippen molar-refractivity contribution in [3.05, 3.63) is 28.2 Å². The van der Waals surface area contributed by atoms with Crippen molar-refractivity contribution < 1.29 is 4.74 Å². The van der Waals surface area contributed by atoms with Crippen LogP contribution in [0.5, 0.6) is 5.75 Å². The first kappa shape index (κ1) is 10.1. The molecule has 0 radical (unpaired) electrons. The number of nitrogens with one attached hydrogen (secondary N) is 1. The molecule has 1 aromatic rings. The highest BCUT2D eigenvalue weighted by atomic mass is 79.9. The summed E-state index contributed by atoms with van der Waals surface area (Å²) < 4.78 is 6.02. The summed E-state index contributed by atoms with van der Waals surface area (Å²) in [5, 5.41) is 3.90. The van der Waals surface area contributed by atoms with E-state index in [0.717, 1.165) is 15.8 Å². The molecule has 0 atom stereocenters. The summed E-state index contributed by atoms with van der Waals surface area (Å²) in [6, 6.07) is 5.77. The monoisotopic (exact) mass is 242 g/mol. The maximum absolute atomic E-state index is 5.10. The lowest BCUT2D eigenvalue weighted by atomic mass is 10.2. The average Bonchev–Trinajstić information content (AvgIpc) is 2.15. The minimum absolute atomic E-state index is 0.821. The van der Waals surface area contributed by atoms with Crippen LogP contribution in [0.25, 0.3) is 0 Å². The molecule has 0 heterocycles. The number of rotatable bonds is 3. The van der Waals surface area contributed by atoms with Gasteiger partial charge in [0.05, 0.1) is 17.8 Å². The molecule has 0 amide bonds. The van der Waals surface area contributed by atoms with Gasteiger partial charge in [-0.1, -0.05) is 0 Å². The molecule has 4 heteroatoms. The molecule has 0 saturated heterocycles. The molecule has 0 bridgehead atoms. The van der Waals surface area contributed by atoms with Crippen LogP contribution in [0.4, 0.5) is 0 Å². The molecule has 0 aliphatic carbocycles. The van der Waals surface area contributed by atoms with Crippen LogP contribution in [0.2, 0.25) is 0 Å². The molecule has 0 aliphatic rings. The topological polar surface area (TPSA) is 33.6 Å². The minimum Gasteiger partial charge on any atom is -0.496 e. The predicted octanol–water partition coefficient (Wildman–Crippen LogP) is 2.01. The van der Waals surface area contributed by atoms with Gasteiger partial charge in [0.2, 0.25) is 0 Å². The molecule has 0 unspecified atom stereocenters. The lowest BCUT2D eigenvalue weighted by Gasteiger charge is -2.02. The Kier molecular flexibility index (Phi) is 3.76. The number of methoxy groups -OCH3 is 1. The zero-order valence-electron chi connectivity index (χ0n) is 7.54. The predicted molar refractivity (Wildman–Crippen MR) is 57.3 cm³/mol. The number of hydrogen-bond acceptors (Lipinski definition) is 3. The summed E-state index contributed by atoms with van der Waals surface area (Å²) in [5.74, 6) is 0.821. The molecule has 0 saturated carbocycles. The van der Waals surface area contributed by atoms with E-state index in [4.69, 9.17) is 4.74 Å². The standard InChI is InChI=1S/C9H11BrN2O/c1-11-12-6-7-3-4-9(13-2)8(10)5-7/h3-6,11H,1-2H3/b12-6+. The normalized spacial score (nSPS) is 10.4. The van der Waals surface area contributed by atoms with Crippen LogP contribution in [0, 0.1) is 0 Å². The van der Waals surface area contributed by atoms with Crippen LogP contribution in [0.15, 0.2) is 27.8 Å². The van der Waals surface area contributed by atoms with Gasteiger partial charge < -0.3 is 10.2 Å². The van der Waals surface area contributed by atoms with Crippen LogP contribution >= 0.6 is 15.9 Å². The van der Waals surface area contributed by atoms with Crippen molar-refractivity contribution >= 4 is 22.1 Å². The third kappa shape index (κ3) is 2.73. The molecular weight excluding hydrogens is 232 g/mol. The molecule has 0 aliphatic heterocycles. The van der Waals surface area contributed by atoms with Gasteiger partial charge in [-0.25, -0.2) is 0 Å². The van der Waals surface area contributed by atoms with Crippen LogP contribution in [-0.4, -0.2) is 20.4 Å². The van der Waals surface area contributed by atoms with Gasteiger partial charge in [-0.15, -0.1) is 0 Å². The highest BCUT2D eigenvalue weighted by Crippen LogP contribution is 2.24. The molecule has 3 nitrogen and oxygen atoms in total. The largest absolute Gasteiger partial charge is 0.496 e. The Labute approximate surface area is 85.9 Å². The summed E-state index contributed by atoms with van der Waals surface area (Å²) in [4.78, 5) is 0. The van der Waals surface area contributed by atoms with E-state index in [1.54, 1.807) is 20.4 Å². The smallest absolute Gasteiger partial charge is 0.133 e. The highest BCUT2D eigenvalue weighted by Gasteiger charge is 1.98. The summed E-state index contributed by atoms with van der Waals surface area (Å²) in [5.41, 5.74) is 3.70. The first-order chi connectivity index (χ1) is 6.27. The lowest BCUT2D eigenvalue weighted by molar-refractivity contribution is 0.412. The SMILES string of the molecule is CN/N=C/c1ccc(OC)c(Br)c1. The molecule has 1 rings (SSSR count). The second-order valence-corrected chi connectivity index (χ2v) is 3.23. The van der Waals surface area contributed by atoms with Crippen LogP contribution in [-0.2, 0) is 0 Å². The lowest BCUT2D eigenvalue weighted by Crippen LogP contribution is -1.95. The van der Waals surface area contributed by atoms with E-state index >= 15 is 0 Å². The van der Waals surface area contributed by atoms with Crippen molar-refractivity contribution in [2.75, 3.05) is 14.2 Å². The second kappa shape index (κ2) is 4.87. The maximum Gasteiger partial charge on any atom is 0.133 e. The van der Waals surface area contributed by atoms with Gasteiger partial charge in [-0.05, 0) is 39.7 Å². The Balaban J connectivity index is 2.89. The van der Waals surface area contributed by atoms with Crippen molar-refractivity contribution in [1.82, 2.24) is 5.43 Å². The van der Waals surface area contributed by atoms with Crippen LogP contribution in [0.3, 0.4) is 0 Å². The summed E-state index contributed by atoms with van der Waals surface area (Å²) in [6.07, 6.45) is 1.74. The zero-order chi connectivity index (χ0) is 9.68. The Bertz CT molecular complexity index is 312. The van der Waals surface area contributed by atoms with E-state index < -0.39 is 0 Å². The molecule has 0 fully saturated rings.